The second kappa shape index (κ2) is 7.37. The number of likely N-dealkylation sites (tertiary alicyclic amines) is 1. The van der Waals surface area contributed by atoms with Crippen LogP contribution in [0, 0.1) is 0 Å². The van der Waals surface area contributed by atoms with E-state index in [1.807, 2.05) is 6.07 Å². The van der Waals surface area contributed by atoms with Crippen LogP contribution in [0.3, 0.4) is 0 Å². The number of para-hydroxylation sites is 2. The first-order chi connectivity index (χ1) is 13.1. The average Bonchev–Trinajstić information content (AvgIpc) is 3.24. The highest BCUT2D eigenvalue weighted by Gasteiger charge is 2.36. The third-order valence-corrected chi connectivity index (χ3v) is 5.94. The summed E-state index contributed by atoms with van der Waals surface area (Å²) < 4.78 is 7.83. The van der Waals surface area contributed by atoms with Crippen LogP contribution in [0.1, 0.15) is 17.0 Å². The van der Waals surface area contributed by atoms with E-state index in [1.54, 1.807) is 7.11 Å². The Labute approximate surface area is 162 Å². The second-order valence-electron chi connectivity index (χ2n) is 7.86. The number of hydrogen-bond donors (Lipinski definition) is 0. The molecule has 0 N–H and O–H groups in total. The van der Waals surface area contributed by atoms with E-state index in [9.17, 15) is 0 Å². The zero-order valence-electron chi connectivity index (χ0n) is 16.7. The number of fused-ring (bicyclic) bond motifs is 1. The van der Waals surface area contributed by atoms with E-state index in [2.05, 4.69) is 84.2 Å². The van der Waals surface area contributed by atoms with Gasteiger partial charge < -0.3 is 14.2 Å². The van der Waals surface area contributed by atoms with Crippen LogP contribution in [0.2, 0.25) is 0 Å². The fourth-order valence-electron chi connectivity index (χ4n) is 4.57. The summed E-state index contributed by atoms with van der Waals surface area (Å²) in [6, 6.07) is 17.6. The highest BCUT2D eigenvalue weighted by Crippen LogP contribution is 2.36. The van der Waals surface area contributed by atoms with Crippen LogP contribution in [-0.4, -0.2) is 54.7 Å². The van der Waals surface area contributed by atoms with Crippen molar-refractivity contribution >= 4 is 10.9 Å². The van der Waals surface area contributed by atoms with Crippen molar-refractivity contribution in [3.05, 3.63) is 65.9 Å². The molecule has 3 aromatic rings. The Bertz CT molecular complexity index is 930. The van der Waals surface area contributed by atoms with Gasteiger partial charge in [0.05, 0.1) is 7.11 Å². The minimum atomic E-state index is 0.501. The zero-order chi connectivity index (χ0) is 19.0. The Hall–Kier alpha value is -2.30. The van der Waals surface area contributed by atoms with Crippen LogP contribution in [0.4, 0.5) is 0 Å². The maximum absolute atomic E-state index is 5.56. The molecule has 0 spiro atoms. The lowest BCUT2D eigenvalue weighted by molar-refractivity contribution is 0.258. The van der Waals surface area contributed by atoms with Crippen molar-refractivity contribution < 1.29 is 4.74 Å². The first-order valence-corrected chi connectivity index (χ1v) is 9.63. The topological polar surface area (TPSA) is 20.6 Å². The number of aryl methyl sites for hydroxylation is 1. The number of ether oxygens (including phenoxy) is 1. The predicted octanol–water partition coefficient (Wildman–Crippen LogP) is 3.72. The number of aromatic nitrogens is 1. The van der Waals surface area contributed by atoms with Crippen LogP contribution in [0.15, 0.2) is 54.7 Å². The van der Waals surface area contributed by atoms with Crippen LogP contribution < -0.4 is 4.74 Å². The maximum atomic E-state index is 5.56. The van der Waals surface area contributed by atoms with Crippen molar-refractivity contribution in [2.75, 3.05) is 34.3 Å². The van der Waals surface area contributed by atoms with E-state index in [0.717, 1.165) is 25.4 Å². The summed E-state index contributed by atoms with van der Waals surface area (Å²) in [7, 11) is 8.31. The van der Waals surface area contributed by atoms with Gasteiger partial charge in [-0.05, 0) is 31.8 Å². The van der Waals surface area contributed by atoms with Crippen LogP contribution >= 0.6 is 0 Å². The van der Waals surface area contributed by atoms with Gasteiger partial charge in [0.15, 0.2) is 0 Å². The molecule has 4 heteroatoms. The number of hydrogen-bond acceptors (Lipinski definition) is 3. The number of benzene rings is 2. The Morgan fingerprint density at radius 1 is 1.04 bits per heavy atom. The first-order valence-electron chi connectivity index (χ1n) is 9.63. The Morgan fingerprint density at radius 3 is 2.56 bits per heavy atom. The number of likely N-dealkylation sites (N-methyl/N-ethyl adjacent to an activating group) is 1. The largest absolute Gasteiger partial charge is 0.496 e. The number of rotatable bonds is 5. The maximum Gasteiger partial charge on any atom is 0.123 e. The molecule has 4 nitrogen and oxygen atoms in total. The normalized spacial score (nSPS) is 20.6. The third-order valence-electron chi connectivity index (χ3n) is 5.94. The van der Waals surface area contributed by atoms with Crippen LogP contribution in [0.5, 0.6) is 5.75 Å². The molecule has 2 heterocycles. The molecule has 142 valence electrons. The molecule has 0 aliphatic carbocycles. The molecule has 1 aliphatic heterocycles. The molecule has 27 heavy (non-hydrogen) atoms. The van der Waals surface area contributed by atoms with Gasteiger partial charge in [-0.1, -0.05) is 36.4 Å². The minimum absolute atomic E-state index is 0.501. The molecule has 2 atom stereocenters. The van der Waals surface area contributed by atoms with E-state index < -0.39 is 0 Å². The Kier molecular flexibility index (Phi) is 4.94. The summed E-state index contributed by atoms with van der Waals surface area (Å²) in [6.07, 6.45) is 2.33. The summed E-state index contributed by atoms with van der Waals surface area (Å²) in [5.74, 6) is 1.48. The van der Waals surface area contributed by atoms with Crippen molar-refractivity contribution in [2.24, 2.45) is 7.05 Å². The van der Waals surface area contributed by atoms with Gasteiger partial charge in [0.1, 0.15) is 5.75 Å². The third kappa shape index (κ3) is 3.35. The number of methoxy groups -OCH3 is 1. The molecule has 0 bridgehead atoms. The highest BCUT2D eigenvalue weighted by molar-refractivity contribution is 5.84. The van der Waals surface area contributed by atoms with E-state index in [0.29, 0.717) is 12.0 Å². The van der Waals surface area contributed by atoms with Gasteiger partial charge in [-0.3, -0.25) is 4.90 Å². The van der Waals surface area contributed by atoms with Crippen molar-refractivity contribution in [1.82, 2.24) is 14.4 Å². The Balaban J connectivity index is 1.64. The molecule has 4 rings (SSSR count). The van der Waals surface area contributed by atoms with Gasteiger partial charge >= 0.3 is 0 Å². The number of nitrogens with zero attached hydrogens (tertiary/aromatic N) is 3. The molecular formula is C23H29N3O. The molecule has 1 fully saturated rings. The lowest BCUT2D eigenvalue weighted by Gasteiger charge is -2.25. The van der Waals surface area contributed by atoms with E-state index in [-0.39, 0.29) is 0 Å². The molecule has 0 saturated carbocycles. The lowest BCUT2D eigenvalue weighted by Crippen LogP contribution is -2.34. The van der Waals surface area contributed by atoms with Gasteiger partial charge in [0.25, 0.3) is 0 Å². The summed E-state index contributed by atoms with van der Waals surface area (Å²) in [4.78, 5) is 4.95. The predicted molar refractivity (Wildman–Crippen MR) is 111 cm³/mol. The lowest BCUT2D eigenvalue weighted by atomic mass is 9.93. The fourth-order valence-corrected chi connectivity index (χ4v) is 4.57. The van der Waals surface area contributed by atoms with Crippen molar-refractivity contribution in [3.8, 4) is 5.75 Å². The fraction of sp³-hybridized carbons (Fsp3) is 0.391. The standard InChI is InChI=1S/C23H29N3O/c1-24(2)22-16-26(13-17-9-5-8-12-23(17)27-4)15-20(22)19-14-25(3)21-11-7-6-10-18(19)21/h5-12,14,20,22H,13,15-16H2,1-4H3/t20-,22+/m1/s1. The second-order valence-corrected chi connectivity index (χ2v) is 7.86. The molecule has 1 saturated heterocycles. The van der Waals surface area contributed by atoms with Crippen molar-refractivity contribution in [1.29, 1.82) is 0 Å². The molecule has 2 aromatic carbocycles. The van der Waals surface area contributed by atoms with Gasteiger partial charge in [-0.2, -0.15) is 0 Å². The van der Waals surface area contributed by atoms with Crippen molar-refractivity contribution in [2.45, 2.75) is 18.5 Å². The average molecular weight is 364 g/mol. The SMILES string of the molecule is COc1ccccc1CN1C[C@H](c2cn(C)c3ccccc23)[C@@H](N(C)C)C1. The van der Waals surface area contributed by atoms with Crippen molar-refractivity contribution in [3.63, 3.8) is 0 Å². The minimum Gasteiger partial charge on any atom is -0.496 e. The van der Waals surface area contributed by atoms with E-state index in [1.165, 1.54) is 22.0 Å². The van der Waals surface area contributed by atoms with Gasteiger partial charge in [-0.15, -0.1) is 0 Å². The van der Waals surface area contributed by atoms with E-state index in [4.69, 9.17) is 4.74 Å². The Morgan fingerprint density at radius 2 is 1.78 bits per heavy atom. The molecule has 0 radical (unpaired) electrons. The first kappa shape index (κ1) is 18.1. The summed E-state index contributed by atoms with van der Waals surface area (Å²) in [6.45, 7) is 3.06. The summed E-state index contributed by atoms with van der Waals surface area (Å²) >= 11 is 0. The molecular weight excluding hydrogens is 334 g/mol. The van der Waals surface area contributed by atoms with E-state index >= 15 is 0 Å². The van der Waals surface area contributed by atoms with Gasteiger partial charge in [0, 0.05) is 61.3 Å². The molecule has 1 aliphatic rings. The van der Waals surface area contributed by atoms with Gasteiger partial charge in [-0.25, -0.2) is 0 Å². The summed E-state index contributed by atoms with van der Waals surface area (Å²) in [5.41, 5.74) is 4.04. The quantitative estimate of drug-likeness (QED) is 0.689. The highest BCUT2D eigenvalue weighted by atomic mass is 16.5. The van der Waals surface area contributed by atoms with Gasteiger partial charge in [0.2, 0.25) is 0 Å². The van der Waals surface area contributed by atoms with Crippen LogP contribution in [0.25, 0.3) is 10.9 Å². The zero-order valence-corrected chi connectivity index (χ0v) is 16.7. The van der Waals surface area contributed by atoms with Crippen LogP contribution in [-0.2, 0) is 13.6 Å². The summed E-state index contributed by atoms with van der Waals surface area (Å²) in [5, 5.41) is 1.39. The molecule has 1 aromatic heterocycles. The monoisotopic (exact) mass is 363 g/mol. The smallest absolute Gasteiger partial charge is 0.123 e. The molecule has 0 amide bonds. The molecule has 0 unspecified atom stereocenters.